The van der Waals surface area contributed by atoms with Crippen molar-refractivity contribution in [2.24, 2.45) is 11.7 Å². The first kappa shape index (κ1) is 15.6. The third-order valence-corrected chi connectivity index (χ3v) is 2.65. The number of amides is 2. The number of rotatable bonds is 5. The lowest BCUT2D eigenvalue weighted by atomic mass is 10.0. The largest absolute Gasteiger partial charge is 0.368 e. The number of carbonyl (C=O) groups excluding carboxylic acids is 2. The third-order valence-electron chi connectivity index (χ3n) is 2.65. The molecule has 1 aromatic carbocycles. The van der Waals surface area contributed by atoms with Crippen molar-refractivity contribution in [1.29, 1.82) is 5.26 Å². The highest BCUT2D eigenvalue weighted by atomic mass is 19.2. The summed E-state index contributed by atoms with van der Waals surface area (Å²) < 4.78 is 26.4. The quantitative estimate of drug-likeness (QED) is 0.845. The molecular formula is C13H13F2N3O2. The molecule has 1 rings (SSSR count). The Balaban J connectivity index is 2.89. The molecule has 7 heteroatoms. The van der Waals surface area contributed by atoms with Gasteiger partial charge in [-0.05, 0) is 25.5 Å². The third kappa shape index (κ3) is 3.75. The molecule has 0 aliphatic carbocycles. The summed E-state index contributed by atoms with van der Waals surface area (Å²) >= 11 is 0. The monoisotopic (exact) mass is 281 g/mol. The van der Waals surface area contributed by atoms with Crippen molar-refractivity contribution >= 4 is 11.8 Å². The molecule has 0 fully saturated rings. The molecule has 0 bridgehead atoms. The molecule has 0 unspecified atom stereocenters. The predicted molar refractivity (Wildman–Crippen MR) is 66.2 cm³/mol. The van der Waals surface area contributed by atoms with E-state index in [4.69, 9.17) is 11.0 Å². The first-order valence-corrected chi connectivity index (χ1v) is 5.80. The fraction of sp³-hybridized carbons (Fsp3) is 0.308. The molecule has 0 spiro atoms. The van der Waals surface area contributed by atoms with Crippen molar-refractivity contribution in [2.75, 3.05) is 0 Å². The molecule has 0 aromatic heterocycles. The number of nitrogens with one attached hydrogen (secondary N) is 1. The molecule has 3 N–H and O–H groups in total. The van der Waals surface area contributed by atoms with Crippen molar-refractivity contribution in [2.45, 2.75) is 19.4 Å². The lowest BCUT2D eigenvalue weighted by Crippen LogP contribution is -2.45. The number of primary amides is 1. The number of hydrogen-bond acceptors (Lipinski definition) is 3. The first-order valence-electron chi connectivity index (χ1n) is 5.80. The Morgan fingerprint density at radius 1 is 1.45 bits per heavy atom. The second kappa shape index (κ2) is 6.61. The van der Waals surface area contributed by atoms with E-state index in [0.717, 1.165) is 12.1 Å². The molecule has 0 radical (unpaired) electrons. The van der Waals surface area contributed by atoms with Gasteiger partial charge in [-0.25, -0.2) is 8.78 Å². The van der Waals surface area contributed by atoms with Crippen molar-refractivity contribution < 1.29 is 18.4 Å². The van der Waals surface area contributed by atoms with Crippen LogP contribution in [0.2, 0.25) is 0 Å². The molecule has 0 saturated carbocycles. The maximum Gasteiger partial charge on any atom is 0.255 e. The molecule has 0 heterocycles. The van der Waals surface area contributed by atoms with Crippen LogP contribution in [0.25, 0.3) is 0 Å². The minimum Gasteiger partial charge on any atom is -0.368 e. The van der Waals surface area contributed by atoms with Gasteiger partial charge in [-0.3, -0.25) is 9.59 Å². The van der Waals surface area contributed by atoms with Gasteiger partial charge in [0, 0.05) is 5.92 Å². The Hall–Kier alpha value is -2.49. The maximum atomic E-state index is 13.4. The minimum atomic E-state index is -1.30. The van der Waals surface area contributed by atoms with Gasteiger partial charge in [-0.2, -0.15) is 5.26 Å². The van der Waals surface area contributed by atoms with Crippen LogP contribution in [-0.4, -0.2) is 17.9 Å². The van der Waals surface area contributed by atoms with Crippen LogP contribution in [0.3, 0.4) is 0 Å². The molecule has 2 amide bonds. The summed E-state index contributed by atoms with van der Waals surface area (Å²) in [4.78, 5) is 23.0. The van der Waals surface area contributed by atoms with Crippen molar-refractivity contribution in [3.63, 3.8) is 0 Å². The Labute approximate surface area is 114 Å². The average molecular weight is 281 g/mol. The fourth-order valence-electron chi connectivity index (χ4n) is 1.57. The maximum absolute atomic E-state index is 13.4. The van der Waals surface area contributed by atoms with Crippen LogP contribution in [-0.2, 0) is 4.79 Å². The topological polar surface area (TPSA) is 96.0 Å². The van der Waals surface area contributed by atoms with Crippen molar-refractivity contribution in [3.8, 4) is 6.07 Å². The summed E-state index contributed by atoms with van der Waals surface area (Å²) in [6, 6.07) is 3.89. The summed E-state index contributed by atoms with van der Waals surface area (Å²) in [5.41, 5.74) is 4.58. The number of carbonyl (C=O) groups is 2. The van der Waals surface area contributed by atoms with Gasteiger partial charge in [0.2, 0.25) is 5.91 Å². The minimum absolute atomic E-state index is 0.00545. The van der Waals surface area contributed by atoms with Crippen LogP contribution in [0.15, 0.2) is 18.2 Å². The van der Waals surface area contributed by atoms with Gasteiger partial charge in [0.1, 0.15) is 6.04 Å². The van der Waals surface area contributed by atoms with E-state index in [2.05, 4.69) is 5.32 Å². The van der Waals surface area contributed by atoms with Crippen LogP contribution >= 0.6 is 0 Å². The van der Waals surface area contributed by atoms with Crippen LogP contribution in [0.1, 0.15) is 23.7 Å². The second-order valence-corrected chi connectivity index (χ2v) is 4.30. The highest BCUT2D eigenvalue weighted by molar-refractivity contribution is 5.97. The summed E-state index contributed by atoms with van der Waals surface area (Å²) in [7, 11) is 0. The van der Waals surface area contributed by atoms with Crippen LogP contribution in [0.4, 0.5) is 8.78 Å². The Bertz CT molecular complexity index is 569. The molecular weight excluding hydrogens is 268 g/mol. The van der Waals surface area contributed by atoms with E-state index < -0.39 is 41.0 Å². The molecule has 0 saturated heterocycles. The van der Waals surface area contributed by atoms with Gasteiger partial charge in [-0.1, -0.05) is 6.07 Å². The van der Waals surface area contributed by atoms with E-state index >= 15 is 0 Å². The SMILES string of the molecule is C[C@H](C#N)C[C@@H](NC(=O)c1cccc(F)c1F)C(N)=O. The number of halogens is 2. The van der Waals surface area contributed by atoms with E-state index in [1.165, 1.54) is 6.07 Å². The molecule has 106 valence electrons. The standard InChI is InChI=1S/C13H13F2N3O2/c1-7(6-16)5-10(12(17)19)18-13(20)8-3-2-4-9(14)11(8)15/h2-4,7,10H,5H2,1H3,(H2,17,19)(H,18,20)/t7-,10+/m0/s1. The smallest absolute Gasteiger partial charge is 0.255 e. The van der Waals surface area contributed by atoms with Crippen LogP contribution in [0, 0.1) is 28.9 Å². The van der Waals surface area contributed by atoms with Crippen molar-refractivity contribution in [1.82, 2.24) is 5.32 Å². The van der Waals surface area contributed by atoms with Gasteiger partial charge in [0.25, 0.3) is 5.91 Å². The van der Waals surface area contributed by atoms with E-state index in [1.54, 1.807) is 6.92 Å². The lowest BCUT2D eigenvalue weighted by molar-refractivity contribution is -0.120. The normalized spacial score (nSPS) is 13.1. The van der Waals surface area contributed by atoms with Gasteiger partial charge in [0.15, 0.2) is 11.6 Å². The zero-order valence-corrected chi connectivity index (χ0v) is 10.7. The molecule has 2 atom stereocenters. The van der Waals surface area contributed by atoms with E-state index in [1.807, 2.05) is 6.07 Å². The average Bonchev–Trinajstić information content (AvgIpc) is 2.40. The molecule has 0 aliphatic rings. The summed E-state index contributed by atoms with van der Waals surface area (Å²) in [5, 5.41) is 10.9. The number of hydrogen-bond donors (Lipinski definition) is 2. The van der Waals surface area contributed by atoms with Gasteiger partial charge in [0.05, 0.1) is 11.6 Å². The zero-order valence-electron chi connectivity index (χ0n) is 10.7. The molecule has 0 aliphatic heterocycles. The summed E-state index contributed by atoms with van der Waals surface area (Å²) in [5.74, 6) is -4.81. The number of nitrogens with two attached hydrogens (primary N) is 1. The fourth-order valence-corrected chi connectivity index (χ4v) is 1.57. The molecule has 5 nitrogen and oxygen atoms in total. The Kier molecular flexibility index (Phi) is 5.15. The highest BCUT2D eigenvalue weighted by Gasteiger charge is 2.23. The second-order valence-electron chi connectivity index (χ2n) is 4.30. The number of benzene rings is 1. The van der Waals surface area contributed by atoms with E-state index in [-0.39, 0.29) is 6.42 Å². The summed E-state index contributed by atoms with van der Waals surface area (Å²) in [6.45, 7) is 1.55. The highest BCUT2D eigenvalue weighted by Crippen LogP contribution is 2.12. The zero-order chi connectivity index (χ0) is 15.3. The summed E-state index contributed by atoms with van der Waals surface area (Å²) in [6.07, 6.45) is -0.00545. The van der Waals surface area contributed by atoms with Crippen LogP contribution < -0.4 is 11.1 Å². The first-order chi connectivity index (χ1) is 9.36. The Morgan fingerprint density at radius 2 is 2.10 bits per heavy atom. The van der Waals surface area contributed by atoms with E-state index in [0.29, 0.717) is 0 Å². The van der Waals surface area contributed by atoms with Gasteiger partial charge >= 0.3 is 0 Å². The molecule has 20 heavy (non-hydrogen) atoms. The Morgan fingerprint density at radius 3 is 2.65 bits per heavy atom. The molecule has 1 aromatic rings. The van der Waals surface area contributed by atoms with Crippen molar-refractivity contribution in [3.05, 3.63) is 35.4 Å². The lowest BCUT2D eigenvalue weighted by Gasteiger charge is -2.16. The predicted octanol–water partition coefficient (Wildman–Crippen LogP) is 1.10. The number of nitriles is 1. The van der Waals surface area contributed by atoms with Crippen LogP contribution in [0.5, 0.6) is 0 Å². The van der Waals surface area contributed by atoms with Gasteiger partial charge < -0.3 is 11.1 Å². The van der Waals surface area contributed by atoms with Gasteiger partial charge in [-0.15, -0.1) is 0 Å². The number of nitrogens with zero attached hydrogens (tertiary/aromatic N) is 1. The van der Waals surface area contributed by atoms with E-state index in [9.17, 15) is 18.4 Å².